The van der Waals surface area contributed by atoms with E-state index >= 15 is 0 Å². The summed E-state index contributed by atoms with van der Waals surface area (Å²) >= 11 is 0. The van der Waals surface area contributed by atoms with Crippen molar-refractivity contribution in [3.8, 4) is 11.1 Å². The van der Waals surface area contributed by atoms with Crippen LogP contribution in [-0.4, -0.2) is 0 Å². The second-order valence-electron chi connectivity index (χ2n) is 5.36. The van der Waals surface area contributed by atoms with Crippen LogP contribution in [0, 0.1) is 0 Å². The molecule has 0 fully saturated rings. The lowest BCUT2D eigenvalue weighted by atomic mass is 9.97. The fourth-order valence-electron chi connectivity index (χ4n) is 3.05. The van der Waals surface area contributed by atoms with E-state index in [-0.39, 0.29) is 0 Å². The molecule has 0 heterocycles. The average molecular weight is 256 g/mol. The van der Waals surface area contributed by atoms with Gasteiger partial charge in [-0.3, -0.25) is 0 Å². The zero-order chi connectivity index (χ0) is 13.4. The quantitative estimate of drug-likeness (QED) is 0.620. The molecule has 0 N–H and O–H groups in total. The minimum atomic E-state index is 1.16. The predicted octanol–water partition coefficient (Wildman–Crippen LogP) is 3.86. The van der Waals surface area contributed by atoms with Gasteiger partial charge in [-0.25, -0.2) is 0 Å². The number of hydrogen-bond acceptors (Lipinski definition) is 0. The molecule has 0 bridgehead atoms. The van der Waals surface area contributed by atoms with E-state index in [1.807, 2.05) is 0 Å². The lowest BCUT2D eigenvalue weighted by Crippen LogP contribution is -2.26. The summed E-state index contributed by atoms with van der Waals surface area (Å²) < 4.78 is 0. The molecular weight excluding hydrogens is 240 g/mol. The van der Waals surface area contributed by atoms with Gasteiger partial charge in [0.15, 0.2) is 0 Å². The highest BCUT2D eigenvalue weighted by Crippen LogP contribution is 2.22. The molecule has 0 atom stereocenters. The molecule has 3 aromatic carbocycles. The van der Waals surface area contributed by atoms with Crippen LogP contribution >= 0.6 is 0 Å². The van der Waals surface area contributed by atoms with Crippen LogP contribution < -0.4 is 10.4 Å². The number of benzene rings is 3. The molecule has 0 aromatic heterocycles. The lowest BCUT2D eigenvalue weighted by molar-refractivity contribution is 1.12. The first-order valence-corrected chi connectivity index (χ1v) is 7.20. The van der Waals surface area contributed by atoms with Gasteiger partial charge in [-0.1, -0.05) is 66.7 Å². The highest BCUT2D eigenvalue weighted by molar-refractivity contribution is 5.88. The molecule has 0 radical (unpaired) electrons. The van der Waals surface area contributed by atoms with Crippen molar-refractivity contribution in [2.75, 3.05) is 0 Å². The molecule has 0 nitrogen and oxygen atoms in total. The largest absolute Gasteiger partial charge is 0.0763 e. The summed E-state index contributed by atoms with van der Waals surface area (Å²) in [5, 5.41) is 5.50. The average Bonchev–Trinajstić information content (AvgIpc) is 2.55. The first kappa shape index (κ1) is 11.5. The minimum absolute atomic E-state index is 1.16. The third kappa shape index (κ3) is 1.85. The van der Waals surface area contributed by atoms with Crippen LogP contribution in [0.2, 0.25) is 0 Å². The van der Waals surface area contributed by atoms with Gasteiger partial charge in [0.25, 0.3) is 0 Å². The predicted molar refractivity (Wildman–Crippen MR) is 86.8 cm³/mol. The monoisotopic (exact) mass is 256 g/mol. The summed E-state index contributed by atoms with van der Waals surface area (Å²) in [4.78, 5) is 0. The third-order valence-electron chi connectivity index (χ3n) is 4.08. The molecule has 4 rings (SSSR count). The van der Waals surface area contributed by atoms with Crippen LogP contribution in [0.5, 0.6) is 0 Å². The molecule has 0 spiro atoms. The van der Waals surface area contributed by atoms with Gasteiger partial charge >= 0.3 is 0 Å². The fourth-order valence-corrected chi connectivity index (χ4v) is 3.05. The van der Waals surface area contributed by atoms with E-state index in [0.717, 1.165) is 6.42 Å². The zero-order valence-corrected chi connectivity index (χ0v) is 11.3. The maximum atomic E-state index is 2.37. The SMILES string of the molecule is C1=c2ccc3cc(-c4ccccc4)ccc3c2=CCC1. The van der Waals surface area contributed by atoms with Gasteiger partial charge in [0.2, 0.25) is 0 Å². The summed E-state index contributed by atoms with van der Waals surface area (Å²) in [7, 11) is 0. The van der Waals surface area contributed by atoms with Crippen LogP contribution in [0.4, 0.5) is 0 Å². The van der Waals surface area contributed by atoms with Crippen molar-refractivity contribution >= 4 is 22.9 Å². The van der Waals surface area contributed by atoms with E-state index in [1.165, 1.54) is 38.8 Å². The Morgan fingerprint density at radius 1 is 0.650 bits per heavy atom. The van der Waals surface area contributed by atoms with E-state index in [0.29, 0.717) is 0 Å². The Hall–Kier alpha value is -2.34. The molecule has 0 saturated carbocycles. The van der Waals surface area contributed by atoms with Crippen molar-refractivity contribution in [2.24, 2.45) is 0 Å². The molecule has 0 aliphatic heterocycles. The molecule has 1 aliphatic carbocycles. The molecule has 20 heavy (non-hydrogen) atoms. The van der Waals surface area contributed by atoms with Crippen LogP contribution in [0.3, 0.4) is 0 Å². The molecule has 0 saturated heterocycles. The summed E-state index contributed by atoms with van der Waals surface area (Å²) in [5.41, 5.74) is 2.57. The first-order valence-electron chi connectivity index (χ1n) is 7.20. The van der Waals surface area contributed by atoms with Gasteiger partial charge in [-0.2, -0.15) is 0 Å². The Morgan fingerprint density at radius 3 is 2.40 bits per heavy atom. The lowest BCUT2D eigenvalue weighted by Gasteiger charge is -2.07. The molecule has 0 unspecified atom stereocenters. The second-order valence-corrected chi connectivity index (χ2v) is 5.36. The van der Waals surface area contributed by atoms with E-state index in [2.05, 4.69) is 72.8 Å². The molecule has 96 valence electrons. The topological polar surface area (TPSA) is 0 Å². The Balaban J connectivity index is 1.99. The van der Waals surface area contributed by atoms with Gasteiger partial charge in [0, 0.05) is 0 Å². The highest BCUT2D eigenvalue weighted by Gasteiger charge is 2.02. The van der Waals surface area contributed by atoms with Crippen molar-refractivity contribution in [1.82, 2.24) is 0 Å². The zero-order valence-electron chi connectivity index (χ0n) is 11.3. The second kappa shape index (κ2) is 4.64. The summed E-state index contributed by atoms with van der Waals surface area (Å²) in [6.45, 7) is 0. The van der Waals surface area contributed by atoms with E-state index in [9.17, 15) is 0 Å². The van der Waals surface area contributed by atoms with Crippen LogP contribution in [0.1, 0.15) is 12.8 Å². The Bertz CT molecular complexity index is 886. The molecule has 0 amide bonds. The van der Waals surface area contributed by atoms with Crippen molar-refractivity contribution in [3.05, 3.63) is 71.1 Å². The first-order chi connectivity index (χ1) is 9.92. The van der Waals surface area contributed by atoms with Crippen molar-refractivity contribution in [3.63, 3.8) is 0 Å². The van der Waals surface area contributed by atoms with Gasteiger partial charge in [0.1, 0.15) is 0 Å². The van der Waals surface area contributed by atoms with Gasteiger partial charge in [-0.15, -0.1) is 0 Å². The smallest absolute Gasteiger partial charge is 0.0108 e. The van der Waals surface area contributed by atoms with Crippen LogP contribution in [0.15, 0.2) is 60.7 Å². The number of rotatable bonds is 1. The fraction of sp³-hybridized carbons (Fsp3) is 0.100. The van der Waals surface area contributed by atoms with Gasteiger partial charge in [-0.05, 0) is 51.2 Å². The van der Waals surface area contributed by atoms with E-state index in [1.54, 1.807) is 0 Å². The van der Waals surface area contributed by atoms with Crippen LogP contribution in [0.25, 0.3) is 34.1 Å². The Kier molecular flexibility index (Phi) is 2.67. The van der Waals surface area contributed by atoms with Crippen LogP contribution in [-0.2, 0) is 0 Å². The minimum Gasteiger partial charge on any atom is -0.0763 e. The number of fused-ring (bicyclic) bond motifs is 3. The number of hydrogen-bond donors (Lipinski definition) is 0. The summed E-state index contributed by atoms with van der Waals surface area (Å²) in [5.74, 6) is 0. The molecule has 0 heteroatoms. The molecular formula is C20H16. The molecule has 3 aromatic rings. The van der Waals surface area contributed by atoms with Crippen molar-refractivity contribution in [1.29, 1.82) is 0 Å². The maximum Gasteiger partial charge on any atom is -0.0108 e. The van der Waals surface area contributed by atoms with Gasteiger partial charge < -0.3 is 0 Å². The summed E-state index contributed by atoms with van der Waals surface area (Å²) in [6.07, 6.45) is 7.05. The normalized spacial score (nSPS) is 13.4. The van der Waals surface area contributed by atoms with Crippen molar-refractivity contribution < 1.29 is 0 Å². The Labute approximate surface area is 118 Å². The highest BCUT2D eigenvalue weighted by atomic mass is 14.1. The van der Waals surface area contributed by atoms with E-state index < -0.39 is 0 Å². The maximum absolute atomic E-state index is 2.37. The summed E-state index contributed by atoms with van der Waals surface area (Å²) in [6, 6.07) is 21.9. The standard InChI is InChI=1S/C20H16/c1-2-6-15(7-3-1)17-12-13-20-18(14-17)11-10-16-8-4-5-9-19(16)20/h1-3,6-14H,4-5H2. The van der Waals surface area contributed by atoms with Gasteiger partial charge in [0.05, 0.1) is 0 Å². The van der Waals surface area contributed by atoms with E-state index in [4.69, 9.17) is 0 Å². The molecule has 1 aliphatic rings. The third-order valence-corrected chi connectivity index (χ3v) is 4.08. The van der Waals surface area contributed by atoms with Crippen molar-refractivity contribution in [2.45, 2.75) is 12.8 Å². The Morgan fingerprint density at radius 2 is 1.50 bits per heavy atom.